The van der Waals surface area contributed by atoms with Crippen LogP contribution in [0.5, 0.6) is 0 Å². The molecule has 0 radical (unpaired) electrons. The predicted octanol–water partition coefficient (Wildman–Crippen LogP) is 5.19. The molecule has 0 saturated carbocycles. The number of esters is 4. The number of unbranched alkanes of at least 4 members (excludes halogenated alkanes) is 14. The van der Waals surface area contributed by atoms with Crippen LogP contribution in [0.3, 0.4) is 0 Å². The van der Waals surface area contributed by atoms with Gasteiger partial charge in [-0.2, -0.15) is 0 Å². The Morgan fingerprint density at radius 1 is 0.585 bits per heavy atom. The first-order valence-electron chi connectivity index (χ1n) is 15.6. The molecule has 2 N–H and O–H groups in total. The number of rotatable bonds is 26. The molecule has 0 bridgehead atoms. The Morgan fingerprint density at radius 3 is 1.34 bits per heavy atom. The third kappa shape index (κ3) is 19.5. The van der Waals surface area contributed by atoms with Crippen molar-refractivity contribution in [3.8, 4) is 0 Å². The van der Waals surface area contributed by atoms with Gasteiger partial charge in [-0.1, -0.05) is 104 Å². The van der Waals surface area contributed by atoms with Crippen molar-refractivity contribution in [3.63, 3.8) is 0 Å². The molecule has 41 heavy (non-hydrogen) atoms. The first-order chi connectivity index (χ1) is 19.6. The summed E-state index contributed by atoms with van der Waals surface area (Å²) >= 11 is 0. The molecule has 0 aliphatic rings. The summed E-state index contributed by atoms with van der Waals surface area (Å²) in [6.45, 7) is 4.73. The van der Waals surface area contributed by atoms with E-state index < -0.39 is 61.3 Å². The summed E-state index contributed by atoms with van der Waals surface area (Å²) in [6.07, 6.45) is 15.7. The topological polar surface area (TPSA) is 146 Å². The van der Waals surface area contributed by atoms with E-state index in [1.807, 2.05) is 0 Å². The highest BCUT2D eigenvalue weighted by molar-refractivity contribution is 5.82. The fourth-order valence-electron chi connectivity index (χ4n) is 4.15. The lowest BCUT2D eigenvalue weighted by Crippen LogP contribution is -2.44. The zero-order valence-corrected chi connectivity index (χ0v) is 26.0. The van der Waals surface area contributed by atoms with Crippen LogP contribution in [0.4, 0.5) is 0 Å². The average molecular weight is 589 g/mol. The smallest absolute Gasteiger partial charge is 0.344 e. The minimum atomic E-state index is -1.62. The van der Waals surface area contributed by atoms with Gasteiger partial charge in [-0.15, -0.1) is 0 Å². The monoisotopic (exact) mass is 588 g/mol. The highest BCUT2D eigenvalue weighted by atomic mass is 16.6. The Kier molecular flexibility index (Phi) is 23.1. The van der Waals surface area contributed by atoms with E-state index in [-0.39, 0.29) is 13.0 Å². The maximum atomic E-state index is 12.9. The van der Waals surface area contributed by atoms with Gasteiger partial charge in [0.2, 0.25) is 0 Å². The predicted molar refractivity (Wildman–Crippen MR) is 155 cm³/mol. The van der Waals surface area contributed by atoms with Crippen molar-refractivity contribution in [1.82, 2.24) is 0 Å². The van der Waals surface area contributed by atoms with E-state index in [0.29, 0.717) is 0 Å². The molecule has 10 heteroatoms. The van der Waals surface area contributed by atoms with Gasteiger partial charge in [-0.3, -0.25) is 4.79 Å². The van der Waals surface area contributed by atoms with Gasteiger partial charge in [-0.25, -0.2) is 14.4 Å². The SMILES string of the molecule is CCCCCCCCCCCCCCCCCOC(=O)COC(=O)C(CC)(COC(=O)C(C)O)COC(=O)C(C)O. The molecular formula is C31H56O10. The Balaban J connectivity index is 4.19. The lowest BCUT2D eigenvalue weighted by molar-refractivity contribution is -0.180. The summed E-state index contributed by atoms with van der Waals surface area (Å²) < 4.78 is 20.2. The second-order valence-corrected chi connectivity index (χ2v) is 10.9. The van der Waals surface area contributed by atoms with Gasteiger partial charge in [0.05, 0.1) is 6.61 Å². The van der Waals surface area contributed by atoms with Gasteiger partial charge in [0.1, 0.15) is 30.8 Å². The summed E-state index contributed by atoms with van der Waals surface area (Å²) in [5, 5.41) is 18.7. The van der Waals surface area contributed by atoms with E-state index in [1.54, 1.807) is 6.92 Å². The summed E-state index contributed by atoms with van der Waals surface area (Å²) in [4.78, 5) is 48.4. The molecule has 0 amide bonds. The van der Waals surface area contributed by atoms with E-state index in [1.165, 1.54) is 90.9 Å². The third-order valence-electron chi connectivity index (χ3n) is 7.11. The molecule has 0 fully saturated rings. The third-order valence-corrected chi connectivity index (χ3v) is 7.11. The van der Waals surface area contributed by atoms with E-state index in [9.17, 15) is 29.4 Å². The van der Waals surface area contributed by atoms with Crippen molar-refractivity contribution in [1.29, 1.82) is 0 Å². The molecule has 0 rings (SSSR count). The molecule has 0 saturated heterocycles. The molecule has 2 atom stereocenters. The quantitative estimate of drug-likeness (QED) is 0.0786. The van der Waals surface area contributed by atoms with Gasteiger partial charge in [0.15, 0.2) is 6.61 Å². The van der Waals surface area contributed by atoms with Gasteiger partial charge in [0.25, 0.3) is 0 Å². The van der Waals surface area contributed by atoms with E-state index in [0.717, 1.165) is 19.3 Å². The summed E-state index contributed by atoms with van der Waals surface area (Å²) in [5.74, 6) is -3.59. The van der Waals surface area contributed by atoms with Crippen LogP contribution >= 0.6 is 0 Å². The van der Waals surface area contributed by atoms with Crippen molar-refractivity contribution < 1.29 is 48.3 Å². The van der Waals surface area contributed by atoms with Crippen LogP contribution in [0.15, 0.2) is 0 Å². The molecule has 0 aromatic carbocycles. The molecule has 2 unspecified atom stereocenters. The maximum absolute atomic E-state index is 12.9. The van der Waals surface area contributed by atoms with Crippen molar-refractivity contribution in [2.24, 2.45) is 5.41 Å². The summed E-state index contributed by atoms with van der Waals surface area (Å²) in [5.41, 5.74) is -1.62. The number of aliphatic hydroxyl groups excluding tert-OH is 2. The molecule has 0 aromatic rings. The summed E-state index contributed by atoms with van der Waals surface area (Å²) in [7, 11) is 0. The van der Waals surface area contributed by atoms with E-state index in [4.69, 9.17) is 18.9 Å². The van der Waals surface area contributed by atoms with E-state index >= 15 is 0 Å². The highest BCUT2D eigenvalue weighted by Gasteiger charge is 2.42. The Bertz CT molecular complexity index is 696. The minimum absolute atomic E-state index is 0.0280. The second-order valence-electron chi connectivity index (χ2n) is 10.9. The average Bonchev–Trinajstić information content (AvgIpc) is 2.95. The van der Waals surface area contributed by atoms with Crippen LogP contribution < -0.4 is 0 Å². The Labute approximate surface area is 246 Å². The lowest BCUT2D eigenvalue weighted by Gasteiger charge is -2.29. The Morgan fingerprint density at radius 2 is 0.976 bits per heavy atom. The molecule has 0 aliphatic carbocycles. The van der Waals surface area contributed by atoms with Crippen molar-refractivity contribution in [3.05, 3.63) is 0 Å². The number of carbonyl (C=O) groups is 4. The standard InChI is InChI=1S/C31H56O10/c1-5-7-8-9-10-11-12-13-14-15-16-17-18-19-20-21-38-27(34)22-39-30(37)31(6-2,23-40-28(35)25(3)32)24-41-29(36)26(4)33/h25-26,32-33H,5-24H2,1-4H3. The normalized spacial score (nSPS) is 14.0. The second kappa shape index (κ2) is 24.4. The van der Waals surface area contributed by atoms with Crippen molar-refractivity contribution >= 4 is 23.9 Å². The minimum Gasteiger partial charge on any atom is -0.463 e. The zero-order chi connectivity index (χ0) is 30.9. The van der Waals surface area contributed by atoms with Crippen LogP contribution in [0.2, 0.25) is 0 Å². The maximum Gasteiger partial charge on any atom is 0.344 e. The number of carbonyl (C=O) groups excluding carboxylic acids is 4. The van der Waals surface area contributed by atoms with Crippen LogP contribution in [0.25, 0.3) is 0 Å². The van der Waals surface area contributed by atoms with Crippen LogP contribution in [0, 0.1) is 5.41 Å². The zero-order valence-electron chi connectivity index (χ0n) is 26.0. The van der Waals surface area contributed by atoms with Crippen LogP contribution in [-0.2, 0) is 38.1 Å². The fourth-order valence-corrected chi connectivity index (χ4v) is 4.15. The first kappa shape index (κ1) is 38.8. The van der Waals surface area contributed by atoms with Crippen LogP contribution in [0.1, 0.15) is 130 Å². The lowest BCUT2D eigenvalue weighted by atomic mass is 9.87. The van der Waals surface area contributed by atoms with Crippen LogP contribution in [-0.4, -0.2) is 72.7 Å². The number of hydrogen-bond donors (Lipinski definition) is 2. The van der Waals surface area contributed by atoms with Gasteiger partial charge in [-0.05, 0) is 26.7 Å². The number of aliphatic hydroxyl groups is 2. The van der Waals surface area contributed by atoms with Gasteiger partial charge in [0, 0.05) is 0 Å². The van der Waals surface area contributed by atoms with Crippen molar-refractivity contribution in [2.45, 2.75) is 143 Å². The Hall–Kier alpha value is -2.20. The number of ether oxygens (including phenoxy) is 4. The van der Waals surface area contributed by atoms with Crippen molar-refractivity contribution in [2.75, 3.05) is 26.4 Å². The largest absolute Gasteiger partial charge is 0.463 e. The molecule has 0 spiro atoms. The molecule has 10 nitrogen and oxygen atoms in total. The van der Waals surface area contributed by atoms with E-state index in [2.05, 4.69) is 6.92 Å². The molecule has 240 valence electrons. The highest BCUT2D eigenvalue weighted by Crippen LogP contribution is 2.26. The summed E-state index contributed by atoms with van der Waals surface area (Å²) in [6, 6.07) is 0. The first-order valence-corrected chi connectivity index (χ1v) is 15.6. The molecular weight excluding hydrogens is 532 g/mol. The fraction of sp³-hybridized carbons (Fsp3) is 0.871. The van der Waals surface area contributed by atoms with Gasteiger partial charge >= 0.3 is 23.9 Å². The molecule has 0 heterocycles. The number of hydrogen-bond acceptors (Lipinski definition) is 10. The molecule has 0 aromatic heterocycles. The molecule has 0 aliphatic heterocycles. The van der Waals surface area contributed by atoms with Gasteiger partial charge < -0.3 is 29.2 Å².